The fraction of sp³-hybridized carbons (Fsp3) is 0.250. The van der Waals surface area contributed by atoms with E-state index in [9.17, 15) is 0 Å². The minimum Gasteiger partial charge on any atom is -0.497 e. The van der Waals surface area contributed by atoms with E-state index in [1.54, 1.807) is 13.4 Å². The highest BCUT2D eigenvalue weighted by Gasteiger charge is 2.04. The lowest BCUT2D eigenvalue weighted by Gasteiger charge is -2.07. The zero-order valence-corrected chi connectivity index (χ0v) is 11.7. The van der Waals surface area contributed by atoms with Crippen LogP contribution in [0.2, 0.25) is 0 Å². The lowest BCUT2D eigenvalue weighted by atomic mass is 10.2. The number of ether oxygens (including phenoxy) is 1. The molecule has 0 unspecified atom stereocenters. The topological polar surface area (TPSA) is 27.1 Å². The molecule has 0 radical (unpaired) electrons. The van der Waals surface area contributed by atoms with E-state index in [1.807, 2.05) is 29.0 Å². The number of aromatic nitrogens is 2. The quantitative estimate of drug-likeness (QED) is 0.808. The summed E-state index contributed by atoms with van der Waals surface area (Å²) in [6, 6.07) is 5.91. The van der Waals surface area contributed by atoms with Crippen molar-refractivity contribution in [2.45, 2.75) is 12.4 Å². The van der Waals surface area contributed by atoms with Crippen molar-refractivity contribution in [2.75, 3.05) is 7.11 Å². The minimum absolute atomic E-state index is 0.437. The average molecular weight is 316 g/mol. The van der Waals surface area contributed by atoms with Gasteiger partial charge in [-0.2, -0.15) is 0 Å². The molecule has 3 nitrogen and oxygen atoms in total. The maximum absolute atomic E-state index is 5.72. The van der Waals surface area contributed by atoms with Gasteiger partial charge in [0.25, 0.3) is 0 Å². The van der Waals surface area contributed by atoms with Crippen LogP contribution in [0.1, 0.15) is 11.3 Å². The standard InChI is InChI=1S/C12H12BrClN2O/c1-17-11-2-3-12(13)9(4-11)6-16-7-10(5-14)15-8-16/h2-4,7-8H,5-6H2,1H3. The fourth-order valence-corrected chi connectivity index (χ4v) is 2.07. The summed E-state index contributed by atoms with van der Waals surface area (Å²) in [5.41, 5.74) is 2.02. The van der Waals surface area contributed by atoms with Crippen LogP contribution in [-0.2, 0) is 12.4 Å². The predicted octanol–water partition coefficient (Wildman–Crippen LogP) is 3.44. The highest BCUT2D eigenvalue weighted by atomic mass is 79.9. The lowest BCUT2D eigenvalue weighted by molar-refractivity contribution is 0.414. The van der Waals surface area contributed by atoms with Crippen molar-refractivity contribution in [1.29, 1.82) is 0 Å². The number of hydrogen-bond donors (Lipinski definition) is 0. The van der Waals surface area contributed by atoms with Crippen LogP contribution in [0.15, 0.2) is 35.2 Å². The maximum Gasteiger partial charge on any atom is 0.119 e. The number of alkyl halides is 1. The minimum atomic E-state index is 0.437. The van der Waals surface area contributed by atoms with Crippen molar-refractivity contribution in [3.63, 3.8) is 0 Å². The molecule has 17 heavy (non-hydrogen) atoms. The molecule has 0 aliphatic rings. The van der Waals surface area contributed by atoms with Gasteiger partial charge in [-0.25, -0.2) is 4.98 Å². The summed E-state index contributed by atoms with van der Waals surface area (Å²) in [6.07, 6.45) is 3.72. The number of imidazole rings is 1. The Balaban J connectivity index is 2.22. The summed E-state index contributed by atoms with van der Waals surface area (Å²) in [6.45, 7) is 0.738. The molecule has 0 aliphatic carbocycles. The molecule has 0 N–H and O–H groups in total. The number of methoxy groups -OCH3 is 1. The predicted molar refractivity (Wildman–Crippen MR) is 71.6 cm³/mol. The van der Waals surface area contributed by atoms with Crippen LogP contribution in [-0.4, -0.2) is 16.7 Å². The second-order valence-electron chi connectivity index (χ2n) is 3.63. The molecule has 0 spiro atoms. The molecule has 1 heterocycles. The van der Waals surface area contributed by atoms with E-state index in [0.717, 1.165) is 28.0 Å². The normalized spacial score (nSPS) is 10.5. The molecule has 0 bridgehead atoms. The van der Waals surface area contributed by atoms with Gasteiger partial charge in [-0.15, -0.1) is 11.6 Å². The van der Waals surface area contributed by atoms with Crippen molar-refractivity contribution in [2.24, 2.45) is 0 Å². The van der Waals surface area contributed by atoms with Gasteiger partial charge in [0, 0.05) is 17.2 Å². The van der Waals surface area contributed by atoms with E-state index in [0.29, 0.717) is 5.88 Å². The van der Waals surface area contributed by atoms with E-state index in [2.05, 4.69) is 20.9 Å². The van der Waals surface area contributed by atoms with Crippen LogP contribution in [0, 0.1) is 0 Å². The second kappa shape index (κ2) is 5.56. The SMILES string of the molecule is COc1ccc(Br)c(Cn2cnc(CCl)c2)c1. The largest absolute Gasteiger partial charge is 0.497 e. The highest BCUT2D eigenvalue weighted by Crippen LogP contribution is 2.23. The monoisotopic (exact) mass is 314 g/mol. The zero-order valence-electron chi connectivity index (χ0n) is 9.36. The van der Waals surface area contributed by atoms with Crippen molar-refractivity contribution >= 4 is 27.5 Å². The zero-order chi connectivity index (χ0) is 12.3. The number of benzene rings is 1. The number of halogens is 2. The summed E-state index contributed by atoms with van der Waals surface area (Å²) in [5.74, 6) is 1.28. The van der Waals surface area contributed by atoms with Gasteiger partial charge in [0.05, 0.1) is 25.0 Å². The molecule has 0 aliphatic heterocycles. The third-order valence-electron chi connectivity index (χ3n) is 2.43. The first-order valence-electron chi connectivity index (χ1n) is 5.12. The first-order chi connectivity index (χ1) is 8.22. The van der Waals surface area contributed by atoms with Gasteiger partial charge in [-0.3, -0.25) is 0 Å². The fourth-order valence-electron chi connectivity index (χ4n) is 1.56. The summed E-state index contributed by atoms with van der Waals surface area (Å²) >= 11 is 9.24. The Kier molecular flexibility index (Phi) is 4.07. The van der Waals surface area contributed by atoms with Crippen LogP contribution in [0.3, 0.4) is 0 Å². The van der Waals surface area contributed by atoms with Crippen LogP contribution in [0.5, 0.6) is 5.75 Å². The molecule has 0 fully saturated rings. The number of hydrogen-bond acceptors (Lipinski definition) is 2. The Morgan fingerprint density at radius 1 is 1.47 bits per heavy atom. The summed E-state index contributed by atoms with van der Waals surface area (Å²) < 4.78 is 8.26. The van der Waals surface area contributed by atoms with Crippen molar-refractivity contribution in [3.8, 4) is 5.75 Å². The third-order valence-corrected chi connectivity index (χ3v) is 3.48. The Labute approximate surface area is 114 Å². The maximum atomic E-state index is 5.72. The van der Waals surface area contributed by atoms with Crippen molar-refractivity contribution in [1.82, 2.24) is 9.55 Å². The molecule has 0 atom stereocenters. The molecular weight excluding hydrogens is 304 g/mol. The molecule has 2 rings (SSSR count). The van der Waals surface area contributed by atoms with Crippen LogP contribution in [0.4, 0.5) is 0 Å². The van der Waals surface area contributed by atoms with Gasteiger partial charge in [-0.05, 0) is 23.8 Å². The number of nitrogens with zero attached hydrogens (tertiary/aromatic N) is 2. The van der Waals surface area contributed by atoms with E-state index in [1.165, 1.54) is 0 Å². The molecule has 1 aromatic heterocycles. The Morgan fingerprint density at radius 3 is 2.94 bits per heavy atom. The number of rotatable bonds is 4. The van der Waals surface area contributed by atoms with E-state index in [4.69, 9.17) is 16.3 Å². The van der Waals surface area contributed by atoms with Gasteiger partial charge in [0.15, 0.2) is 0 Å². The van der Waals surface area contributed by atoms with Crippen molar-refractivity contribution in [3.05, 3.63) is 46.5 Å². The molecule has 90 valence electrons. The summed E-state index contributed by atoms with van der Waals surface area (Å²) in [5, 5.41) is 0. The first-order valence-corrected chi connectivity index (χ1v) is 6.44. The summed E-state index contributed by atoms with van der Waals surface area (Å²) in [7, 11) is 1.66. The first kappa shape index (κ1) is 12.5. The van der Waals surface area contributed by atoms with Gasteiger partial charge in [0.1, 0.15) is 5.75 Å². The van der Waals surface area contributed by atoms with Gasteiger partial charge >= 0.3 is 0 Å². The van der Waals surface area contributed by atoms with Crippen molar-refractivity contribution < 1.29 is 4.74 Å². The second-order valence-corrected chi connectivity index (χ2v) is 4.75. The van der Waals surface area contributed by atoms with E-state index in [-0.39, 0.29) is 0 Å². The van der Waals surface area contributed by atoms with Gasteiger partial charge < -0.3 is 9.30 Å². The molecule has 0 saturated heterocycles. The average Bonchev–Trinajstić information content (AvgIpc) is 2.80. The molecule has 0 saturated carbocycles. The van der Waals surface area contributed by atoms with E-state index < -0.39 is 0 Å². The lowest BCUT2D eigenvalue weighted by Crippen LogP contribution is -1.98. The van der Waals surface area contributed by atoms with Gasteiger partial charge in [0.2, 0.25) is 0 Å². The summed E-state index contributed by atoms with van der Waals surface area (Å²) in [4.78, 5) is 4.19. The highest BCUT2D eigenvalue weighted by molar-refractivity contribution is 9.10. The van der Waals surface area contributed by atoms with E-state index >= 15 is 0 Å². The van der Waals surface area contributed by atoms with Gasteiger partial charge in [-0.1, -0.05) is 15.9 Å². The Morgan fingerprint density at radius 2 is 2.29 bits per heavy atom. The molecule has 1 aromatic carbocycles. The Hall–Kier alpha value is -1.00. The smallest absolute Gasteiger partial charge is 0.119 e. The molecule has 5 heteroatoms. The van der Waals surface area contributed by atoms with Crippen LogP contribution in [0.25, 0.3) is 0 Å². The molecule has 0 amide bonds. The molecular formula is C12H12BrClN2O. The van der Waals surface area contributed by atoms with Crippen LogP contribution >= 0.6 is 27.5 Å². The Bertz CT molecular complexity index is 513. The third kappa shape index (κ3) is 3.01. The molecule has 2 aromatic rings. The van der Waals surface area contributed by atoms with Crippen LogP contribution < -0.4 is 4.74 Å².